The number of ketones is 1. The summed E-state index contributed by atoms with van der Waals surface area (Å²) in [4.78, 5) is 13.3. The van der Waals surface area contributed by atoms with E-state index in [2.05, 4.69) is 48.7 Å². The molecule has 0 aliphatic heterocycles. The van der Waals surface area contributed by atoms with E-state index in [1.165, 1.54) is 59.5 Å². The third kappa shape index (κ3) is 3.46. The standard InChI is InChI=1S/C30H33NO/c1-4-24(21-11-7-8-12-21)22-14-16-28-26(18-22)27-19-23(15-17-29(27)31(28)5-2)30(32)25-13-9-6-10-20(25)3/h6,9-10,13-19,21,24H,4-5,7-8,11-12H2,1-3H3. The van der Waals surface area contributed by atoms with Crippen molar-refractivity contribution in [1.82, 2.24) is 4.57 Å². The Bertz CT molecular complexity index is 1290. The molecule has 0 amide bonds. The van der Waals surface area contributed by atoms with E-state index in [0.717, 1.165) is 29.2 Å². The maximum atomic E-state index is 13.3. The summed E-state index contributed by atoms with van der Waals surface area (Å²) in [6, 6.07) is 21.2. The molecule has 0 saturated heterocycles. The van der Waals surface area contributed by atoms with Gasteiger partial charge in [-0.2, -0.15) is 0 Å². The summed E-state index contributed by atoms with van der Waals surface area (Å²) in [5, 5.41) is 2.49. The minimum atomic E-state index is 0.107. The summed E-state index contributed by atoms with van der Waals surface area (Å²) in [7, 11) is 0. The Kier molecular flexibility index (Phi) is 5.63. The minimum absolute atomic E-state index is 0.107. The molecule has 2 nitrogen and oxygen atoms in total. The average Bonchev–Trinajstić information content (AvgIpc) is 3.45. The van der Waals surface area contributed by atoms with Gasteiger partial charge in [-0.15, -0.1) is 0 Å². The second-order valence-corrected chi connectivity index (χ2v) is 9.46. The van der Waals surface area contributed by atoms with Crippen molar-refractivity contribution in [2.75, 3.05) is 0 Å². The van der Waals surface area contributed by atoms with Gasteiger partial charge in [0.1, 0.15) is 0 Å². The molecular formula is C30H33NO. The van der Waals surface area contributed by atoms with Gasteiger partial charge in [0.2, 0.25) is 0 Å². The van der Waals surface area contributed by atoms with E-state index < -0.39 is 0 Å². The molecule has 32 heavy (non-hydrogen) atoms. The van der Waals surface area contributed by atoms with Gasteiger partial charge in [-0.05, 0) is 86.4 Å². The Morgan fingerprint density at radius 3 is 2.31 bits per heavy atom. The first-order valence-corrected chi connectivity index (χ1v) is 12.3. The lowest BCUT2D eigenvalue weighted by atomic mass is 9.82. The van der Waals surface area contributed by atoms with Gasteiger partial charge in [-0.3, -0.25) is 4.79 Å². The number of rotatable bonds is 6. The van der Waals surface area contributed by atoms with Crippen molar-refractivity contribution in [3.63, 3.8) is 0 Å². The summed E-state index contributed by atoms with van der Waals surface area (Å²) in [6.07, 6.45) is 6.68. The molecule has 2 heteroatoms. The molecule has 4 aromatic rings. The molecule has 0 radical (unpaired) electrons. The van der Waals surface area contributed by atoms with Crippen LogP contribution in [0.3, 0.4) is 0 Å². The molecule has 0 bridgehead atoms. The monoisotopic (exact) mass is 423 g/mol. The number of hydrogen-bond acceptors (Lipinski definition) is 1. The zero-order chi connectivity index (χ0) is 22.2. The summed E-state index contributed by atoms with van der Waals surface area (Å²) in [5.74, 6) is 1.56. The quantitative estimate of drug-likeness (QED) is 0.288. The topological polar surface area (TPSA) is 22.0 Å². The molecule has 164 valence electrons. The van der Waals surface area contributed by atoms with Crippen LogP contribution in [0.4, 0.5) is 0 Å². The third-order valence-electron chi connectivity index (χ3n) is 7.69. The number of benzene rings is 3. The van der Waals surface area contributed by atoms with Crippen LogP contribution in [0.5, 0.6) is 0 Å². The van der Waals surface area contributed by atoms with E-state index in [9.17, 15) is 4.79 Å². The fraction of sp³-hybridized carbons (Fsp3) is 0.367. The fourth-order valence-corrected chi connectivity index (χ4v) is 6.02. The van der Waals surface area contributed by atoms with Crippen molar-refractivity contribution in [3.8, 4) is 0 Å². The first-order valence-electron chi connectivity index (χ1n) is 12.3. The highest BCUT2D eigenvalue weighted by atomic mass is 16.1. The van der Waals surface area contributed by atoms with Gasteiger partial charge in [0.15, 0.2) is 5.78 Å². The zero-order valence-corrected chi connectivity index (χ0v) is 19.5. The lowest BCUT2D eigenvalue weighted by Gasteiger charge is -2.22. The van der Waals surface area contributed by atoms with Crippen LogP contribution in [-0.4, -0.2) is 10.4 Å². The maximum absolute atomic E-state index is 13.3. The highest BCUT2D eigenvalue weighted by Crippen LogP contribution is 2.41. The number of aromatic nitrogens is 1. The SMILES string of the molecule is CCC(c1ccc2c(c1)c1cc(C(=O)c3ccccc3C)ccc1n2CC)C1CCCC1. The van der Waals surface area contributed by atoms with Crippen molar-refractivity contribution in [2.24, 2.45) is 5.92 Å². The van der Waals surface area contributed by atoms with Gasteiger partial charge in [-0.25, -0.2) is 0 Å². The van der Waals surface area contributed by atoms with E-state index >= 15 is 0 Å². The molecule has 0 spiro atoms. The number of fused-ring (bicyclic) bond motifs is 3. The van der Waals surface area contributed by atoms with Gasteiger partial charge in [0, 0.05) is 39.5 Å². The molecule has 1 atom stereocenters. The molecule has 1 unspecified atom stereocenters. The number of hydrogen-bond donors (Lipinski definition) is 0. The van der Waals surface area contributed by atoms with E-state index in [-0.39, 0.29) is 5.78 Å². The van der Waals surface area contributed by atoms with Gasteiger partial charge in [-0.1, -0.05) is 50.1 Å². The Hall–Kier alpha value is -2.87. The van der Waals surface area contributed by atoms with Crippen molar-refractivity contribution < 1.29 is 4.79 Å². The Balaban J connectivity index is 1.66. The predicted octanol–water partition coefficient (Wildman–Crippen LogP) is 8.04. The second-order valence-electron chi connectivity index (χ2n) is 9.46. The molecule has 1 saturated carbocycles. The lowest BCUT2D eigenvalue weighted by Crippen LogP contribution is -2.08. The normalized spacial score (nSPS) is 15.6. The minimum Gasteiger partial charge on any atom is -0.341 e. The third-order valence-corrected chi connectivity index (χ3v) is 7.69. The van der Waals surface area contributed by atoms with Crippen molar-refractivity contribution >= 4 is 27.6 Å². The van der Waals surface area contributed by atoms with Gasteiger partial charge in [0.25, 0.3) is 0 Å². The van der Waals surface area contributed by atoms with Crippen LogP contribution in [0.1, 0.15) is 78.9 Å². The first kappa shape index (κ1) is 21.0. The Morgan fingerprint density at radius 2 is 1.62 bits per heavy atom. The van der Waals surface area contributed by atoms with Gasteiger partial charge < -0.3 is 4.57 Å². The zero-order valence-electron chi connectivity index (χ0n) is 19.5. The average molecular weight is 424 g/mol. The van der Waals surface area contributed by atoms with E-state index in [1.807, 2.05) is 37.3 Å². The van der Waals surface area contributed by atoms with E-state index in [1.54, 1.807) is 0 Å². The molecule has 1 fully saturated rings. The molecule has 3 aromatic carbocycles. The largest absolute Gasteiger partial charge is 0.341 e. The molecule has 1 aliphatic carbocycles. The van der Waals surface area contributed by atoms with Crippen LogP contribution >= 0.6 is 0 Å². The highest BCUT2D eigenvalue weighted by molar-refractivity contribution is 6.15. The van der Waals surface area contributed by atoms with Crippen LogP contribution in [0.15, 0.2) is 60.7 Å². The van der Waals surface area contributed by atoms with Gasteiger partial charge >= 0.3 is 0 Å². The molecule has 1 aliphatic rings. The molecule has 1 aromatic heterocycles. The van der Waals surface area contributed by atoms with Crippen LogP contribution < -0.4 is 0 Å². The fourth-order valence-electron chi connectivity index (χ4n) is 6.02. The Labute approximate surface area is 191 Å². The number of aryl methyl sites for hydroxylation is 2. The number of carbonyl (C=O) groups is 1. The summed E-state index contributed by atoms with van der Waals surface area (Å²) >= 11 is 0. The molecule has 1 heterocycles. The number of carbonyl (C=O) groups excluding carboxylic acids is 1. The second kappa shape index (κ2) is 8.58. The first-order chi connectivity index (χ1) is 15.6. The van der Waals surface area contributed by atoms with E-state index in [4.69, 9.17) is 0 Å². The van der Waals surface area contributed by atoms with Crippen LogP contribution in [0.2, 0.25) is 0 Å². The number of nitrogens with zero attached hydrogens (tertiary/aromatic N) is 1. The lowest BCUT2D eigenvalue weighted by molar-refractivity contribution is 0.103. The van der Waals surface area contributed by atoms with Gasteiger partial charge in [0.05, 0.1) is 0 Å². The van der Waals surface area contributed by atoms with Crippen LogP contribution in [0, 0.1) is 12.8 Å². The smallest absolute Gasteiger partial charge is 0.193 e. The van der Waals surface area contributed by atoms with Crippen molar-refractivity contribution in [2.45, 2.75) is 65.3 Å². The summed E-state index contributed by atoms with van der Waals surface area (Å²) in [6.45, 7) is 7.47. The van der Waals surface area contributed by atoms with Crippen molar-refractivity contribution in [3.05, 3.63) is 82.9 Å². The summed E-state index contributed by atoms with van der Waals surface area (Å²) in [5.41, 5.74) is 6.55. The van der Waals surface area contributed by atoms with E-state index in [0.29, 0.717) is 5.92 Å². The molecular weight excluding hydrogens is 390 g/mol. The highest BCUT2D eigenvalue weighted by Gasteiger charge is 2.25. The predicted molar refractivity (Wildman–Crippen MR) is 135 cm³/mol. The Morgan fingerprint density at radius 1 is 0.938 bits per heavy atom. The summed E-state index contributed by atoms with van der Waals surface area (Å²) < 4.78 is 2.38. The molecule has 0 N–H and O–H groups in total. The van der Waals surface area contributed by atoms with Crippen molar-refractivity contribution in [1.29, 1.82) is 0 Å². The van der Waals surface area contributed by atoms with Crippen LogP contribution in [-0.2, 0) is 6.54 Å². The maximum Gasteiger partial charge on any atom is 0.193 e. The van der Waals surface area contributed by atoms with Crippen LogP contribution in [0.25, 0.3) is 21.8 Å². The molecule has 5 rings (SSSR count).